The highest BCUT2D eigenvalue weighted by atomic mass is 32.2. The maximum atomic E-state index is 13.7. The molecule has 0 aromatic heterocycles. The van der Waals surface area contributed by atoms with Crippen molar-refractivity contribution in [1.82, 2.24) is 15.5 Å². The molecule has 0 spiro atoms. The summed E-state index contributed by atoms with van der Waals surface area (Å²) in [5.41, 5.74) is 2.78. The van der Waals surface area contributed by atoms with Crippen LogP contribution in [0.25, 0.3) is 0 Å². The Morgan fingerprint density at radius 1 is 1.05 bits per heavy atom. The van der Waals surface area contributed by atoms with E-state index < -0.39 is 40.8 Å². The molecule has 1 heterocycles. The first kappa shape index (κ1) is 30.1. The van der Waals surface area contributed by atoms with Crippen LogP contribution in [0.5, 0.6) is 5.75 Å². The Hall–Kier alpha value is -3.89. The fourth-order valence-electron chi connectivity index (χ4n) is 4.74. The van der Waals surface area contributed by atoms with Gasteiger partial charge in [-0.25, -0.2) is 9.18 Å². The lowest BCUT2D eigenvalue weighted by atomic mass is 9.97. The van der Waals surface area contributed by atoms with Crippen molar-refractivity contribution in [1.29, 1.82) is 0 Å². The van der Waals surface area contributed by atoms with Crippen molar-refractivity contribution in [2.24, 2.45) is 0 Å². The molecule has 8 nitrogen and oxygen atoms in total. The Labute approximate surface area is 243 Å². The summed E-state index contributed by atoms with van der Waals surface area (Å²) in [4.78, 5) is 41.3. The molecule has 3 atom stereocenters. The van der Waals surface area contributed by atoms with E-state index in [4.69, 9.17) is 4.74 Å². The number of aliphatic hydroxyl groups excluding tert-OH is 1. The summed E-state index contributed by atoms with van der Waals surface area (Å²) in [5, 5.41) is 16.9. The minimum Gasteiger partial charge on any atom is -0.410 e. The summed E-state index contributed by atoms with van der Waals surface area (Å²) in [6.07, 6.45) is -2.45. The van der Waals surface area contributed by atoms with Gasteiger partial charge in [-0.15, -0.1) is 11.8 Å². The van der Waals surface area contributed by atoms with Crippen molar-refractivity contribution in [3.05, 3.63) is 101 Å². The number of carbonyl (C=O) groups excluding carboxylic acids is 3. The summed E-state index contributed by atoms with van der Waals surface area (Å²) in [6, 6.07) is 19.8. The summed E-state index contributed by atoms with van der Waals surface area (Å²) in [6.45, 7) is 6.04. The van der Waals surface area contributed by atoms with Crippen LogP contribution in [0.1, 0.15) is 30.5 Å². The van der Waals surface area contributed by atoms with E-state index in [-0.39, 0.29) is 24.0 Å². The van der Waals surface area contributed by atoms with E-state index in [9.17, 15) is 23.9 Å². The maximum Gasteiger partial charge on any atom is 0.412 e. The minimum atomic E-state index is -1.67. The highest BCUT2D eigenvalue weighted by Crippen LogP contribution is 2.40. The lowest BCUT2D eigenvalue weighted by Gasteiger charge is -2.33. The molecule has 3 aromatic rings. The molecule has 0 bridgehead atoms. The molecule has 3 N–H and O–H groups in total. The van der Waals surface area contributed by atoms with Gasteiger partial charge in [0, 0.05) is 11.3 Å². The zero-order chi connectivity index (χ0) is 29.6. The Bertz CT molecular complexity index is 1370. The number of ether oxygens (including phenoxy) is 1. The van der Waals surface area contributed by atoms with Crippen molar-refractivity contribution < 1.29 is 28.6 Å². The average molecular weight is 580 g/mol. The summed E-state index contributed by atoms with van der Waals surface area (Å²) in [5.74, 6) is -1.19. The monoisotopic (exact) mass is 579 g/mol. The van der Waals surface area contributed by atoms with Crippen molar-refractivity contribution in [3.8, 4) is 5.75 Å². The van der Waals surface area contributed by atoms with Crippen LogP contribution in [-0.4, -0.2) is 56.7 Å². The van der Waals surface area contributed by atoms with Crippen LogP contribution in [0.15, 0.2) is 78.9 Å². The molecule has 3 amide bonds. The van der Waals surface area contributed by atoms with Crippen molar-refractivity contribution in [2.75, 3.05) is 5.88 Å². The van der Waals surface area contributed by atoms with Crippen LogP contribution in [0, 0.1) is 12.7 Å². The number of nitrogens with one attached hydrogen (secondary N) is 2. The van der Waals surface area contributed by atoms with Crippen LogP contribution in [0.3, 0.4) is 0 Å². The minimum absolute atomic E-state index is 0.103. The van der Waals surface area contributed by atoms with E-state index >= 15 is 0 Å². The number of halogens is 1. The van der Waals surface area contributed by atoms with Crippen LogP contribution < -0.4 is 15.4 Å². The van der Waals surface area contributed by atoms with Gasteiger partial charge in [0.15, 0.2) is 6.10 Å². The molecule has 4 rings (SSSR count). The second-order valence-electron chi connectivity index (χ2n) is 10.5. The summed E-state index contributed by atoms with van der Waals surface area (Å²) >= 11 is 1.44. The highest BCUT2D eigenvalue weighted by molar-refractivity contribution is 8.00. The Morgan fingerprint density at radius 3 is 2.39 bits per heavy atom. The van der Waals surface area contributed by atoms with Crippen LogP contribution >= 0.6 is 11.8 Å². The Morgan fingerprint density at radius 2 is 1.71 bits per heavy atom. The summed E-state index contributed by atoms with van der Waals surface area (Å²) in [7, 11) is 0. The first-order valence-corrected chi connectivity index (χ1v) is 14.3. The van der Waals surface area contributed by atoms with E-state index in [1.807, 2.05) is 75.4 Å². The standard InChI is InChI=1S/C31H34FN3O5S/c1-20-9-7-8-12-22(20)18-33-28(37)27-31(2,3)41-19-35(27)29(38)26(36)25(17-21-10-5-4-6-11-21)34-30(39)40-24-15-13-23(32)14-16-24/h4-16,25-27,36H,17-19H2,1-3H3,(H,33,37)(H,34,39)/t25?,26-,27+/m0/s1. The predicted octanol–water partition coefficient (Wildman–Crippen LogP) is 4.19. The third-order valence-electron chi connectivity index (χ3n) is 7.05. The molecule has 1 aliphatic rings. The Balaban J connectivity index is 1.50. The number of aryl methyl sites for hydroxylation is 1. The van der Waals surface area contributed by atoms with Gasteiger partial charge in [0.25, 0.3) is 5.91 Å². The zero-order valence-electron chi connectivity index (χ0n) is 23.2. The number of aliphatic hydroxyl groups is 1. The van der Waals surface area contributed by atoms with Crippen LogP contribution in [0.2, 0.25) is 0 Å². The quantitative estimate of drug-likeness (QED) is 0.351. The molecule has 1 saturated heterocycles. The molecular formula is C31H34FN3O5S. The van der Waals surface area contributed by atoms with Gasteiger partial charge in [-0.3, -0.25) is 9.59 Å². The molecule has 1 fully saturated rings. The maximum absolute atomic E-state index is 13.7. The smallest absolute Gasteiger partial charge is 0.410 e. The number of nitrogens with zero attached hydrogens (tertiary/aromatic N) is 1. The zero-order valence-corrected chi connectivity index (χ0v) is 24.0. The second-order valence-corrected chi connectivity index (χ2v) is 12.1. The lowest BCUT2D eigenvalue weighted by Crippen LogP contribution is -2.58. The fraction of sp³-hybridized carbons (Fsp3) is 0.323. The van der Waals surface area contributed by atoms with Crippen molar-refractivity contribution in [2.45, 2.75) is 56.7 Å². The van der Waals surface area contributed by atoms with Gasteiger partial charge in [-0.1, -0.05) is 54.6 Å². The lowest BCUT2D eigenvalue weighted by molar-refractivity contribution is -0.147. The van der Waals surface area contributed by atoms with Gasteiger partial charge in [-0.05, 0) is 68.1 Å². The van der Waals surface area contributed by atoms with E-state index in [0.717, 1.165) is 28.8 Å². The topological polar surface area (TPSA) is 108 Å². The Kier molecular flexibility index (Phi) is 9.67. The van der Waals surface area contributed by atoms with E-state index in [2.05, 4.69) is 10.6 Å². The molecule has 10 heteroatoms. The third kappa shape index (κ3) is 7.65. The number of amides is 3. The predicted molar refractivity (Wildman–Crippen MR) is 156 cm³/mol. The first-order chi connectivity index (χ1) is 19.5. The molecule has 216 valence electrons. The van der Waals surface area contributed by atoms with Gasteiger partial charge >= 0.3 is 6.09 Å². The highest BCUT2D eigenvalue weighted by Gasteiger charge is 2.49. The van der Waals surface area contributed by atoms with E-state index in [1.165, 1.54) is 28.8 Å². The molecule has 41 heavy (non-hydrogen) atoms. The SMILES string of the molecule is Cc1ccccc1CNC(=O)[C@H]1N(C(=O)[C@@H](O)C(Cc2ccccc2)NC(=O)Oc2ccc(F)cc2)CSC1(C)C. The number of hydrogen-bond donors (Lipinski definition) is 3. The number of rotatable bonds is 9. The number of benzene rings is 3. The first-order valence-electron chi connectivity index (χ1n) is 13.3. The fourth-order valence-corrected chi connectivity index (χ4v) is 5.88. The molecule has 0 saturated carbocycles. The van der Waals surface area contributed by atoms with Gasteiger partial charge in [-0.2, -0.15) is 0 Å². The van der Waals surface area contributed by atoms with Gasteiger partial charge in [0.05, 0.1) is 11.9 Å². The average Bonchev–Trinajstić information content (AvgIpc) is 3.27. The normalized spacial score (nSPS) is 17.4. The van der Waals surface area contributed by atoms with Crippen LogP contribution in [-0.2, 0) is 22.6 Å². The molecule has 0 radical (unpaired) electrons. The summed E-state index contributed by atoms with van der Waals surface area (Å²) < 4.78 is 17.9. The number of carbonyl (C=O) groups is 3. The molecular weight excluding hydrogens is 545 g/mol. The largest absolute Gasteiger partial charge is 0.412 e. The van der Waals surface area contributed by atoms with Crippen molar-refractivity contribution >= 4 is 29.7 Å². The van der Waals surface area contributed by atoms with Gasteiger partial charge in [0.2, 0.25) is 5.91 Å². The number of thioether (sulfide) groups is 1. The number of hydrogen-bond acceptors (Lipinski definition) is 6. The van der Waals surface area contributed by atoms with Crippen LogP contribution in [0.4, 0.5) is 9.18 Å². The molecule has 1 unspecified atom stereocenters. The third-order valence-corrected chi connectivity index (χ3v) is 8.43. The van der Waals surface area contributed by atoms with E-state index in [1.54, 1.807) is 0 Å². The van der Waals surface area contributed by atoms with Crippen molar-refractivity contribution in [3.63, 3.8) is 0 Å². The molecule has 3 aromatic carbocycles. The van der Waals surface area contributed by atoms with Gasteiger partial charge < -0.3 is 25.4 Å². The second kappa shape index (κ2) is 13.2. The van der Waals surface area contributed by atoms with E-state index in [0.29, 0.717) is 6.54 Å². The molecule has 0 aliphatic carbocycles. The van der Waals surface area contributed by atoms with Gasteiger partial charge in [0.1, 0.15) is 17.6 Å². The molecule has 1 aliphatic heterocycles.